The van der Waals surface area contributed by atoms with E-state index in [9.17, 15) is 18.0 Å². The van der Waals surface area contributed by atoms with E-state index in [2.05, 4.69) is 0 Å². The number of amides is 2. The fourth-order valence-corrected chi connectivity index (χ4v) is 5.83. The third kappa shape index (κ3) is 6.31. The summed E-state index contributed by atoms with van der Waals surface area (Å²) in [4.78, 5) is 28.1. The van der Waals surface area contributed by atoms with E-state index >= 15 is 0 Å². The van der Waals surface area contributed by atoms with Crippen molar-refractivity contribution in [2.75, 3.05) is 50.7 Å². The molecular formula is C23H27Cl2N3O6S. The summed E-state index contributed by atoms with van der Waals surface area (Å²) < 4.78 is 39.0. The molecule has 9 nitrogen and oxygen atoms in total. The number of methoxy groups -OCH3 is 1. The minimum Gasteiger partial charge on any atom is -0.495 e. The van der Waals surface area contributed by atoms with Gasteiger partial charge >= 0.3 is 6.09 Å². The monoisotopic (exact) mass is 543 g/mol. The van der Waals surface area contributed by atoms with Crippen molar-refractivity contribution in [2.45, 2.75) is 18.7 Å². The second-order valence-corrected chi connectivity index (χ2v) is 10.6. The molecule has 1 fully saturated rings. The molecule has 2 amide bonds. The summed E-state index contributed by atoms with van der Waals surface area (Å²) in [5.74, 6) is -0.288. The SMILES string of the molecule is CCOC(=O)N1CCN(C(=O)CN(c2cc(Cl)cc(Cl)c2)S(=O)(=O)c2cc(C)ccc2OC)CC1. The first-order valence-electron chi connectivity index (χ1n) is 10.9. The van der Waals surface area contributed by atoms with Gasteiger partial charge in [-0.2, -0.15) is 0 Å². The molecule has 190 valence electrons. The Labute approximate surface area is 215 Å². The predicted molar refractivity (Wildman–Crippen MR) is 134 cm³/mol. The maximum absolute atomic E-state index is 13.8. The lowest BCUT2D eigenvalue weighted by Gasteiger charge is -2.35. The average Bonchev–Trinajstić information content (AvgIpc) is 2.81. The van der Waals surface area contributed by atoms with Crippen LogP contribution in [0.4, 0.5) is 10.5 Å². The van der Waals surface area contributed by atoms with E-state index in [0.717, 1.165) is 4.31 Å². The number of rotatable bonds is 7. The van der Waals surface area contributed by atoms with Crippen LogP contribution in [0.15, 0.2) is 41.3 Å². The Morgan fingerprint density at radius 1 is 1.00 bits per heavy atom. The van der Waals surface area contributed by atoms with E-state index in [0.29, 0.717) is 5.56 Å². The standard InChI is InChI=1S/C23H27Cl2N3O6S/c1-4-34-23(30)27-9-7-26(8-10-27)22(29)15-28(19-13-17(24)12-18(25)14-19)35(31,32)21-11-16(2)5-6-20(21)33-3/h5-6,11-14H,4,7-10,15H2,1-3H3. The second-order valence-electron chi connectivity index (χ2n) is 7.86. The van der Waals surface area contributed by atoms with Crippen molar-refractivity contribution in [2.24, 2.45) is 0 Å². The fourth-order valence-electron chi connectivity index (χ4n) is 3.68. The Hall–Kier alpha value is -2.69. The molecule has 1 aliphatic heterocycles. The molecule has 1 aliphatic rings. The number of aryl methyl sites for hydroxylation is 1. The van der Waals surface area contributed by atoms with E-state index in [-0.39, 0.29) is 59.2 Å². The van der Waals surface area contributed by atoms with Gasteiger partial charge in [0, 0.05) is 36.2 Å². The molecule has 0 atom stereocenters. The number of anilines is 1. The molecule has 35 heavy (non-hydrogen) atoms. The summed E-state index contributed by atoms with van der Waals surface area (Å²) in [6.45, 7) is 4.30. The molecular weight excluding hydrogens is 517 g/mol. The highest BCUT2D eigenvalue weighted by molar-refractivity contribution is 7.93. The van der Waals surface area contributed by atoms with Crippen molar-refractivity contribution < 1.29 is 27.5 Å². The highest BCUT2D eigenvalue weighted by Gasteiger charge is 2.33. The van der Waals surface area contributed by atoms with Crippen molar-refractivity contribution in [3.05, 3.63) is 52.0 Å². The zero-order chi connectivity index (χ0) is 25.8. The number of sulfonamides is 1. The van der Waals surface area contributed by atoms with Crippen LogP contribution >= 0.6 is 23.2 Å². The van der Waals surface area contributed by atoms with Crippen LogP contribution in [-0.4, -0.2) is 76.7 Å². The van der Waals surface area contributed by atoms with Crippen molar-refractivity contribution in [3.63, 3.8) is 0 Å². The molecule has 0 bridgehead atoms. The first kappa shape index (κ1) is 26.9. The smallest absolute Gasteiger partial charge is 0.409 e. The van der Waals surface area contributed by atoms with Crippen LogP contribution < -0.4 is 9.04 Å². The number of carbonyl (C=O) groups excluding carboxylic acids is 2. The topological polar surface area (TPSA) is 96.5 Å². The van der Waals surface area contributed by atoms with Crippen LogP contribution in [0.1, 0.15) is 12.5 Å². The van der Waals surface area contributed by atoms with Crippen LogP contribution in [0, 0.1) is 6.92 Å². The number of carbonyl (C=O) groups is 2. The van der Waals surface area contributed by atoms with E-state index in [1.54, 1.807) is 26.0 Å². The summed E-state index contributed by atoms with van der Waals surface area (Å²) in [6.07, 6.45) is -0.441. The number of piperazine rings is 1. The number of ether oxygens (including phenoxy) is 2. The lowest BCUT2D eigenvalue weighted by Crippen LogP contribution is -2.53. The summed E-state index contributed by atoms with van der Waals surface area (Å²) in [5.41, 5.74) is 0.847. The molecule has 0 aromatic heterocycles. The minimum atomic E-state index is -4.26. The number of nitrogens with zero attached hydrogens (tertiary/aromatic N) is 3. The van der Waals surface area contributed by atoms with Crippen molar-refractivity contribution in [1.29, 1.82) is 0 Å². The minimum absolute atomic E-state index is 0.0870. The van der Waals surface area contributed by atoms with Gasteiger partial charge in [-0.3, -0.25) is 9.10 Å². The third-order valence-corrected chi connectivity index (χ3v) is 7.69. The molecule has 0 N–H and O–H groups in total. The molecule has 0 unspecified atom stereocenters. The lowest BCUT2D eigenvalue weighted by atomic mass is 10.2. The number of hydrogen-bond donors (Lipinski definition) is 0. The third-order valence-electron chi connectivity index (χ3n) is 5.46. The summed E-state index contributed by atoms with van der Waals surface area (Å²) >= 11 is 12.3. The molecule has 12 heteroatoms. The molecule has 2 aromatic rings. The molecule has 1 heterocycles. The van der Waals surface area contributed by atoms with Gasteiger partial charge in [-0.05, 0) is 49.7 Å². The summed E-state index contributed by atoms with van der Waals surface area (Å²) in [5, 5.41) is 0.443. The van der Waals surface area contributed by atoms with Gasteiger partial charge in [-0.1, -0.05) is 29.3 Å². The number of benzene rings is 2. The van der Waals surface area contributed by atoms with Gasteiger partial charge in [0.05, 0.1) is 19.4 Å². The Bertz CT molecular complexity index is 1180. The van der Waals surface area contributed by atoms with Crippen LogP contribution in [0.2, 0.25) is 10.0 Å². The Balaban J connectivity index is 1.93. The summed E-state index contributed by atoms with van der Waals surface area (Å²) in [7, 11) is -2.89. The number of halogens is 2. The van der Waals surface area contributed by atoms with E-state index < -0.39 is 28.6 Å². The lowest BCUT2D eigenvalue weighted by molar-refractivity contribution is -0.131. The first-order valence-corrected chi connectivity index (χ1v) is 13.1. The van der Waals surface area contributed by atoms with Gasteiger partial charge < -0.3 is 19.3 Å². The number of hydrogen-bond acceptors (Lipinski definition) is 6. The summed E-state index contributed by atoms with van der Waals surface area (Å²) in [6, 6.07) is 9.10. The Kier molecular flexibility index (Phi) is 8.74. The first-order chi connectivity index (χ1) is 16.6. The van der Waals surface area contributed by atoms with E-state index in [4.69, 9.17) is 32.7 Å². The fraction of sp³-hybridized carbons (Fsp3) is 0.391. The predicted octanol–water partition coefficient (Wildman–Crippen LogP) is 3.81. The van der Waals surface area contributed by atoms with Gasteiger partial charge in [0.2, 0.25) is 5.91 Å². The van der Waals surface area contributed by atoms with Crippen LogP contribution in [0.5, 0.6) is 5.75 Å². The molecule has 2 aromatic carbocycles. The van der Waals surface area contributed by atoms with Crippen LogP contribution in [0.3, 0.4) is 0 Å². The highest BCUT2D eigenvalue weighted by Crippen LogP contribution is 2.33. The maximum Gasteiger partial charge on any atom is 0.409 e. The quantitative estimate of drug-likeness (QED) is 0.526. The molecule has 0 radical (unpaired) electrons. The van der Waals surface area contributed by atoms with Gasteiger partial charge in [0.15, 0.2) is 0 Å². The molecule has 3 rings (SSSR count). The molecule has 1 saturated heterocycles. The Morgan fingerprint density at radius 3 is 2.17 bits per heavy atom. The largest absolute Gasteiger partial charge is 0.495 e. The molecule has 0 aliphatic carbocycles. The molecule has 0 saturated carbocycles. The van der Waals surface area contributed by atoms with Crippen molar-refractivity contribution >= 4 is 50.9 Å². The molecule has 0 spiro atoms. The van der Waals surface area contributed by atoms with Crippen molar-refractivity contribution in [3.8, 4) is 5.75 Å². The Morgan fingerprint density at radius 2 is 1.60 bits per heavy atom. The van der Waals surface area contributed by atoms with Gasteiger partial charge in [-0.25, -0.2) is 13.2 Å². The zero-order valence-electron chi connectivity index (χ0n) is 19.7. The average molecular weight is 544 g/mol. The van der Waals surface area contributed by atoms with Crippen LogP contribution in [-0.2, 0) is 19.6 Å². The van der Waals surface area contributed by atoms with Crippen LogP contribution in [0.25, 0.3) is 0 Å². The van der Waals surface area contributed by atoms with E-state index in [1.807, 2.05) is 0 Å². The zero-order valence-corrected chi connectivity index (χ0v) is 22.0. The van der Waals surface area contributed by atoms with Gasteiger partial charge in [-0.15, -0.1) is 0 Å². The van der Waals surface area contributed by atoms with E-state index in [1.165, 1.54) is 41.2 Å². The second kappa shape index (κ2) is 11.4. The normalized spacial score (nSPS) is 14.0. The van der Waals surface area contributed by atoms with Crippen molar-refractivity contribution in [1.82, 2.24) is 9.80 Å². The van der Waals surface area contributed by atoms with Gasteiger partial charge in [0.1, 0.15) is 17.2 Å². The maximum atomic E-state index is 13.8. The van der Waals surface area contributed by atoms with Gasteiger partial charge in [0.25, 0.3) is 10.0 Å². The highest BCUT2D eigenvalue weighted by atomic mass is 35.5.